The molecule has 0 aliphatic heterocycles. The fourth-order valence-electron chi connectivity index (χ4n) is 4.32. The molecule has 0 saturated heterocycles. The number of halogens is 1. The van der Waals surface area contributed by atoms with E-state index in [0.717, 1.165) is 4.68 Å². The number of nitro benzene ring substituents is 1. The zero-order chi connectivity index (χ0) is 30.7. The lowest BCUT2D eigenvalue weighted by atomic mass is 10.1. The lowest BCUT2D eigenvalue weighted by Crippen LogP contribution is -2.26. The number of benzene rings is 3. The van der Waals surface area contributed by atoms with Crippen molar-refractivity contribution in [3.63, 3.8) is 0 Å². The van der Waals surface area contributed by atoms with Crippen molar-refractivity contribution in [2.24, 2.45) is 5.10 Å². The molecule has 3 aromatic carbocycles. The molecule has 2 aromatic heterocycles. The molecule has 0 aliphatic rings. The topological polar surface area (TPSA) is 148 Å². The molecule has 0 aliphatic carbocycles. The number of esters is 1. The Morgan fingerprint density at radius 2 is 1.95 bits per heavy atom. The second-order valence-electron chi connectivity index (χ2n) is 9.18. The van der Waals surface area contributed by atoms with Gasteiger partial charge in [-0.25, -0.2) is 9.78 Å². The fraction of sp³-hybridized carbons (Fsp3) is 0.200. The first-order chi connectivity index (χ1) is 20.7. The van der Waals surface area contributed by atoms with Gasteiger partial charge in [0.2, 0.25) is 11.6 Å². The number of para-hydroxylation sites is 1. The van der Waals surface area contributed by atoms with Gasteiger partial charge in [-0.1, -0.05) is 23.7 Å². The predicted octanol–water partition coefficient (Wildman–Crippen LogP) is 5.98. The molecule has 12 nitrogen and oxygen atoms in total. The Balaban J connectivity index is 1.64. The van der Waals surface area contributed by atoms with E-state index in [1.807, 2.05) is 0 Å². The summed E-state index contributed by atoms with van der Waals surface area (Å²) in [7, 11) is 0. The van der Waals surface area contributed by atoms with Crippen LogP contribution < -0.4 is 15.0 Å². The molecule has 5 aromatic rings. The van der Waals surface area contributed by atoms with Crippen LogP contribution in [0.5, 0.6) is 11.5 Å². The Labute approximate surface area is 249 Å². The Kier molecular flexibility index (Phi) is 8.39. The molecule has 0 spiro atoms. The van der Waals surface area contributed by atoms with Gasteiger partial charge < -0.3 is 18.6 Å². The summed E-state index contributed by atoms with van der Waals surface area (Å²) in [4.78, 5) is 41.8. The third kappa shape index (κ3) is 6.04. The molecule has 0 unspecified atom stereocenters. The maximum Gasteiger partial charge on any atom is 0.347 e. The van der Waals surface area contributed by atoms with E-state index < -0.39 is 28.2 Å². The van der Waals surface area contributed by atoms with E-state index in [1.165, 1.54) is 25.3 Å². The third-order valence-corrected chi connectivity index (χ3v) is 6.48. The first kappa shape index (κ1) is 29.3. The SMILES string of the molecule is CCOC(=O)[C@H](C)Oc1c(OCC)cc(C=Nn2c(-c3cc4cc(Cl)ccc4o3)nc3ccccc3c2=O)cc1[N+](=O)[O-]. The van der Waals surface area contributed by atoms with Gasteiger partial charge in [-0.05, 0) is 63.2 Å². The second-order valence-corrected chi connectivity index (χ2v) is 9.61. The van der Waals surface area contributed by atoms with Crippen molar-refractivity contribution in [3.05, 3.63) is 91.7 Å². The Hall–Kier alpha value is -5.23. The van der Waals surface area contributed by atoms with Crippen LogP contribution in [0.25, 0.3) is 33.5 Å². The average Bonchev–Trinajstić information content (AvgIpc) is 3.40. The van der Waals surface area contributed by atoms with Crippen molar-refractivity contribution in [1.29, 1.82) is 0 Å². The van der Waals surface area contributed by atoms with Crippen LogP contribution in [0.4, 0.5) is 5.69 Å². The van der Waals surface area contributed by atoms with E-state index in [2.05, 4.69) is 10.1 Å². The summed E-state index contributed by atoms with van der Waals surface area (Å²) in [5, 5.41) is 17.9. The van der Waals surface area contributed by atoms with Crippen LogP contribution in [-0.4, -0.2) is 46.1 Å². The fourth-order valence-corrected chi connectivity index (χ4v) is 4.50. The standard InChI is InChI=1S/C30H25ClN4O8/c1-4-40-25-13-18(12-23(35(38)39)27(25)42-17(3)30(37)41-5-2)16-32-34-28(33-22-9-7-6-8-21(22)29(34)36)26-15-19-14-20(31)10-11-24(19)43-26/h6-17H,4-5H2,1-3H3/t17-/m0/s1. The molecule has 13 heteroatoms. The zero-order valence-electron chi connectivity index (χ0n) is 23.3. The number of nitro groups is 1. The van der Waals surface area contributed by atoms with Gasteiger partial charge in [0.1, 0.15) is 5.58 Å². The van der Waals surface area contributed by atoms with Crippen molar-refractivity contribution in [2.45, 2.75) is 26.9 Å². The van der Waals surface area contributed by atoms with E-state index >= 15 is 0 Å². The number of nitrogens with zero attached hydrogens (tertiary/aromatic N) is 4. The van der Waals surface area contributed by atoms with Gasteiger partial charge >= 0.3 is 11.7 Å². The van der Waals surface area contributed by atoms with Crippen LogP contribution in [0, 0.1) is 10.1 Å². The number of hydrogen-bond acceptors (Lipinski definition) is 10. The van der Waals surface area contributed by atoms with Crippen LogP contribution in [0.1, 0.15) is 26.3 Å². The number of carbonyl (C=O) groups excluding carboxylic acids is 1. The smallest absolute Gasteiger partial charge is 0.347 e. The molecular weight excluding hydrogens is 580 g/mol. The Morgan fingerprint density at radius 3 is 2.70 bits per heavy atom. The molecule has 2 heterocycles. The second kappa shape index (κ2) is 12.3. The normalized spacial score (nSPS) is 12.1. The number of carbonyl (C=O) groups is 1. The summed E-state index contributed by atoms with van der Waals surface area (Å²) in [5.74, 6) is -0.554. The number of rotatable bonds is 10. The maximum atomic E-state index is 13.6. The van der Waals surface area contributed by atoms with Crippen LogP contribution in [0.15, 0.2) is 75.0 Å². The van der Waals surface area contributed by atoms with Crippen LogP contribution >= 0.6 is 11.6 Å². The highest BCUT2D eigenvalue weighted by Crippen LogP contribution is 2.39. The number of fused-ring (bicyclic) bond motifs is 2. The first-order valence-electron chi connectivity index (χ1n) is 13.2. The molecule has 0 fully saturated rings. The molecule has 1 atom stereocenters. The molecule has 0 radical (unpaired) electrons. The maximum absolute atomic E-state index is 13.6. The highest BCUT2D eigenvalue weighted by Gasteiger charge is 2.27. The zero-order valence-corrected chi connectivity index (χ0v) is 24.0. The first-order valence-corrected chi connectivity index (χ1v) is 13.6. The van der Waals surface area contributed by atoms with Gasteiger partial charge in [-0.2, -0.15) is 9.78 Å². The van der Waals surface area contributed by atoms with Crippen molar-refractivity contribution in [2.75, 3.05) is 13.2 Å². The molecule has 0 N–H and O–H groups in total. The summed E-state index contributed by atoms with van der Waals surface area (Å²) < 4.78 is 23.2. The number of ether oxygens (including phenoxy) is 3. The van der Waals surface area contributed by atoms with E-state index in [9.17, 15) is 19.7 Å². The molecule has 5 rings (SSSR count). The predicted molar refractivity (Wildman–Crippen MR) is 160 cm³/mol. The lowest BCUT2D eigenvalue weighted by molar-refractivity contribution is -0.386. The van der Waals surface area contributed by atoms with Crippen LogP contribution in [-0.2, 0) is 9.53 Å². The summed E-state index contributed by atoms with van der Waals surface area (Å²) in [5.41, 5.74) is 0.217. The number of aromatic nitrogens is 2. The molecule has 0 amide bonds. The van der Waals surface area contributed by atoms with E-state index in [-0.39, 0.29) is 41.9 Å². The van der Waals surface area contributed by atoms with Crippen molar-refractivity contribution in [3.8, 4) is 23.1 Å². The monoisotopic (exact) mass is 604 g/mol. The molecular formula is C30H25ClN4O8. The Morgan fingerprint density at radius 1 is 1.16 bits per heavy atom. The quantitative estimate of drug-likeness (QED) is 0.0811. The minimum absolute atomic E-state index is 0.00710. The van der Waals surface area contributed by atoms with Crippen molar-refractivity contribution >= 4 is 51.3 Å². The summed E-state index contributed by atoms with van der Waals surface area (Å²) in [6.07, 6.45) is 0.121. The van der Waals surface area contributed by atoms with Crippen LogP contribution in [0.3, 0.4) is 0 Å². The van der Waals surface area contributed by atoms with E-state index in [1.54, 1.807) is 62.4 Å². The van der Waals surface area contributed by atoms with E-state index in [4.69, 9.17) is 30.2 Å². The van der Waals surface area contributed by atoms with Crippen LogP contribution in [0.2, 0.25) is 5.02 Å². The summed E-state index contributed by atoms with van der Waals surface area (Å²) in [6.45, 7) is 5.02. The summed E-state index contributed by atoms with van der Waals surface area (Å²) in [6, 6.07) is 16.2. The Bertz CT molecular complexity index is 1950. The highest BCUT2D eigenvalue weighted by molar-refractivity contribution is 6.31. The minimum atomic E-state index is -1.14. The van der Waals surface area contributed by atoms with Gasteiger partial charge in [-0.3, -0.25) is 14.9 Å². The average molecular weight is 605 g/mol. The molecule has 220 valence electrons. The number of hydrogen-bond donors (Lipinski definition) is 0. The largest absolute Gasteiger partial charge is 0.490 e. The molecule has 0 saturated carbocycles. The lowest BCUT2D eigenvalue weighted by Gasteiger charge is -2.17. The van der Waals surface area contributed by atoms with Gasteiger partial charge in [-0.15, -0.1) is 0 Å². The third-order valence-electron chi connectivity index (χ3n) is 6.24. The van der Waals surface area contributed by atoms with Gasteiger partial charge in [0, 0.05) is 22.0 Å². The van der Waals surface area contributed by atoms with Gasteiger partial charge in [0.15, 0.2) is 17.6 Å². The van der Waals surface area contributed by atoms with Gasteiger partial charge in [0.05, 0.1) is 35.3 Å². The van der Waals surface area contributed by atoms with E-state index in [0.29, 0.717) is 26.9 Å². The van der Waals surface area contributed by atoms with Crippen molar-refractivity contribution < 1.29 is 28.3 Å². The number of furan rings is 1. The molecule has 43 heavy (non-hydrogen) atoms. The van der Waals surface area contributed by atoms with Gasteiger partial charge in [0.25, 0.3) is 5.56 Å². The molecule has 0 bridgehead atoms. The highest BCUT2D eigenvalue weighted by atomic mass is 35.5. The summed E-state index contributed by atoms with van der Waals surface area (Å²) >= 11 is 6.14. The van der Waals surface area contributed by atoms with Crippen molar-refractivity contribution in [1.82, 2.24) is 9.66 Å². The minimum Gasteiger partial charge on any atom is -0.490 e.